The zero-order chi connectivity index (χ0) is 13.1. The Bertz CT molecular complexity index is 599. The molecule has 0 spiro atoms. The molecule has 2 rings (SSSR count). The minimum absolute atomic E-state index is 0.0499. The second kappa shape index (κ2) is 5.26. The molecule has 2 aromatic rings. The molecule has 0 unspecified atom stereocenters. The van der Waals surface area contributed by atoms with Gasteiger partial charge >= 0.3 is 5.97 Å². The molecule has 0 atom stereocenters. The Hall–Kier alpha value is -1.76. The number of hydrogen-bond acceptors (Lipinski definition) is 3. The summed E-state index contributed by atoms with van der Waals surface area (Å²) < 4.78 is 6.57. The maximum absolute atomic E-state index is 11.1. The highest BCUT2D eigenvalue weighted by Gasteiger charge is 2.14. The molecule has 18 heavy (non-hydrogen) atoms. The predicted molar refractivity (Wildman–Crippen MR) is 77.0 cm³/mol. The van der Waals surface area contributed by atoms with Gasteiger partial charge in [0.25, 0.3) is 0 Å². The van der Waals surface area contributed by atoms with Crippen LogP contribution in [0.5, 0.6) is 11.5 Å². The topological polar surface area (TPSA) is 72.6 Å². The van der Waals surface area contributed by atoms with E-state index in [0.29, 0.717) is 11.4 Å². The lowest BCUT2D eigenvalue weighted by Crippen LogP contribution is -2.02. The maximum Gasteiger partial charge on any atom is 0.339 e. The Morgan fingerprint density at radius 3 is 2.61 bits per heavy atom. The van der Waals surface area contributed by atoms with Crippen LogP contribution in [0.1, 0.15) is 10.4 Å². The highest BCUT2D eigenvalue weighted by atomic mass is 127. The van der Waals surface area contributed by atoms with Crippen LogP contribution in [0.2, 0.25) is 0 Å². The maximum atomic E-state index is 11.1. The van der Waals surface area contributed by atoms with Crippen LogP contribution in [0.25, 0.3) is 0 Å². The van der Waals surface area contributed by atoms with Crippen molar-refractivity contribution in [3.05, 3.63) is 51.6 Å². The molecule has 0 fully saturated rings. The molecule has 92 valence electrons. The van der Waals surface area contributed by atoms with Crippen LogP contribution in [0.15, 0.2) is 42.5 Å². The minimum atomic E-state index is -1.07. The lowest BCUT2D eigenvalue weighted by Gasteiger charge is -2.11. The first-order valence-electron chi connectivity index (χ1n) is 5.13. The van der Waals surface area contributed by atoms with E-state index < -0.39 is 5.97 Å². The minimum Gasteiger partial charge on any atom is -0.478 e. The number of carbonyl (C=O) groups is 1. The van der Waals surface area contributed by atoms with Gasteiger partial charge in [0.15, 0.2) is 5.75 Å². The molecule has 0 aromatic heterocycles. The average Bonchev–Trinajstić information content (AvgIpc) is 2.31. The number of benzene rings is 2. The van der Waals surface area contributed by atoms with Gasteiger partial charge in [0.1, 0.15) is 11.3 Å². The number of nitrogens with two attached hydrogens (primary N) is 1. The molecule has 4 nitrogen and oxygen atoms in total. The van der Waals surface area contributed by atoms with Gasteiger partial charge in [0, 0.05) is 3.57 Å². The normalized spacial score (nSPS) is 10.1. The van der Waals surface area contributed by atoms with Gasteiger partial charge in [-0.2, -0.15) is 0 Å². The van der Waals surface area contributed by atoms with Crippen molar-refractivity contribution in [2.75, 3.05) is 5.73 Å². The van der Waals surface area contributed by atoms with Crippen LogP contribution in [0.3, 0.4) is 0 Å². The molecule has 0 amide bonds. The fourth-order valence-corrected chi connectivity index (χ4v) is 2.00. The first-order valence-corrected chi connectivity index (χ1v) is 6.21. The fraction of sp³-hybridized carbons (Fsp3) is 0. The van der Waals surface area contributed by atoms with E-state index in [1.54, 1.807) is 24.3 Å². The average molecular weight is 355 g/mol. The van der Waals surface area contributed by atoms with Gasteiger partial charge in [0.2, 0.25) is 0 Å². The van der Waals surface area contributed by atoms with Gasteiger partial charge in [-0.25, -0.2) is 4.79 Å². The molecule has 3 N–H and O–H groups in total. The summed E-state index contributed by atoms with van der Waals surface area (Å²) in [5.74, 6) is -0.336. The summed E-state index contributed by atoms with van der Waals surface area (Å²) in [6, 6.07) is 12.0. The third-order valence-corrected chi connectivity index (χ3v) is 2.96. The highest BCUT2D eigenvalue weighted by Crippen LogP contribution is 2.31. The van der Waals surface area contributed by atoms with Crippen molar-refractivity contribution in [3.8, 4) is 11.5 Å². The van der Waals surface area contributed by atoms with Crippen molar-refractivity contribution in [3.63, 3.8) is 0 Å². The van der Waals surface area contributed by atoms with E-state index in [0.717, 1.165) is 3.57 Å². The molecule has 5 heteroatoms. The van der Waals surface area contributed by atoms with Gasteiger partial charge < -0.3 is 15.6 Å². The molecule has 0 bridgehead atoms. The van der Waals surface area contributed by atoms with Crippen molar-refractivity contribution in [2.24, 2.45) is 0 Å². The van der Waals surface area contributed by atoms with Crippen LogP contribution in [0.4, 0.5) is 5.69 Å². The van der Waals surface area contributed by atoms with E-state index in [2.05, 4.69) is 22.6 Å². The second-order valence-electron chi connectivity index (χ2n) is 3.59. The van der Waals surface area contributed by atoms with Crippen molar-refractivity contribution >= 4 is 34.2 Å². The molecule has 0 radical (unpaired) electrons. The van der Waals surface area contributed by atoms with Gasteiger partial charge in [-0.1, -0.05) is 12.1 Å². The second-order valence-corrected chi connectivity index (χ2v) is 4.83. The SMILES string of the molecule is Nc1cccc(C(=O)O)c1Oc1cccc(I)c1. The quantitative estimate of drug-likeness (QED) is 0.654. The lowest BCUT2D eigenvalue weighted by molar-refractivity contribution is 0.0694. The number of hydrogen-bond donors (Lipinski definition) is 2. The molecule has 0 saturated carbocycles. The molecular formula is C13H10INO3. The Balaban J connectivity index is 2.42. The Labute approximate surface area is 118 Å². The molecule has 0 aliphatic carbocycles. The van der Waals surface area contributed by atoms with E-state index in [4.69, 9.17) is 15.6 Å². The van der Waals surface area contributed by atoms with E-state index >= 15 is 0 Å². The largest absolute Gasteiger partial charge is 0.478 e. The third-order valence-electron chi connectivity index (χ3n) is 2.29. The zero-order valence-electron chi connectivity index (χ0n) is 9.26. The van der Waals surface area contributed by atoms with Crippen LogP contribution in [-0.4, -0.2) is 11.1 Å². The van der Waals surface area contributed by atoms with E-state index in [-0.39, 0.29) is 11.3 Å². The summed E-state index contributed by atoms with van der Waals surface area (Å²) in [6.07, 6.45) is 0. The number of anilines is 1. The van der Waals surface area contributed by atoms with E-state index in [9.17, 15) is 4.79 Å². The fourth-order valence-electron chi connectivity index (χ4n) is 1.49. The number of carboxylic acid groups (broad SMARTS) is 1. The molecule has 0 saturated heterocycles. The van der Waals surface area contributed by atoms with Crippen LogP contribution in [0, 0.1) is 3.57 Å². The highest BCUT2D eigenvalue weighted by molar-refractivity contribution is 14.1. The van der Waals surface area contributed by atoms with Crippen LogP contribution in [-0.2, 0) is 0 Å². The number of carboxylic acids is 1. The standard InChI is InChI=1S/C13H10INO3/c14-8-3-1-4-9(7-8)18-12-10(13(16)17)5-2-6-11(12)15/h1-7H,15H2,(H,16,17). The summed E-state index contributed by atoms with van der Waals surface area (Å²) in [4.78, 5) is 11.1. The molecule has 2 aromatic carbocycles. The van der Waals surface area contributed by atoms with Crippen LogP contribution >= 0.6 is 22.6 Å². The summed E-state index contributed by atoms with van der Waals surface area (Å²) in [5, 5.41) is 9.09. The molecule has 0 heterocycles. The van der Waals surface area contributed by atoms with Gasteiger partial charge in [-0.15, -0.1) is 0 Å². The summed E-state index contributed by atoms with van der Waals surface area (Å²) >= 11 is 2.15. The summed E-state index contributed by atoms with van der Waals surface area (Å²) in [5.41, 5.74) is 6.10. The van der Waals surface area contributed by atoms with Crippen molar-refractivity contribution in [2.45, 2.75) is 0 Å². The monoisotopic (exact) mass is 355 g/mol. The summed E-state index contributed by atoms with van der Waals surface area (Å²) in [7, 11) is 0. The molecule has 0 aliphatic rings. The first-order chi connectivity index (χ1) is 8.58. The Morgan fingerprint density at radius 2 is 1.94 bits per heavy atom. The first kappa shape index (κ1) is 12.7. The number of halogens is 1. The molecular weight excluding hydrogens is 345 g/mol. The van der Waals surface area contributed by atoms with Gasteiger partial charge in [-0.3, -0.25) is 0 Å². The zero-order valence-corrected chi connectivity index (χ0v) is 11.4. The van der Waals surface area contributed by atoms with E-state index in [1.165, 1.54) is 6.07 Å². The predicted octanol–water partition coefficient (Wildman–Crippen LogP) is 3.36. The summed E-state index contributed by atoms with van der Waals surface area (Å²) in [6.45, 7) is 0. The van der Waals surface area contributed by atoms with Crippen molar-refractivity contribution < 1.29 is 14.6 Å². The number of nitrogen functional groups attached to an aromatic ring is 1. The van der Waals surface area contributed by atoms with Crippen molar-refractivity contribution in [1.82, 2.24) is 0 Å². The van der Waals surface area contributed by atoms with Crippen molar-refractivity contribution in [1.29, 1.82) is 0 Å². The van der Waals surface area contributed by atoms with Gasteiger partial charge in [-0.05, 0) is 52.9 Å². The Kier molecular flexibility index (Phi) is 3.71. The third kappa shape index (κ3) is 2.73. The molecule has 0 aliphatic heterocycles. The van der Waals surface area contributed by atoms with Crippen LogP contribution < -0.4 is 10.5 Å². The number of aromatic carboxylic acids is 1. The van der Waals surface area contributed by atoms with Gasteiger partial charge in [0.05, 0.1) is 5.69 Å². The smallest absolute Gasteiger partial charge is 0.339 e. The number of para-hydroxylation sites is 1. The van der Waals surface area contributed by atoms with E-state index in [1.807, 2.05) is 12.1 Å². The Morgan fingerprint density at radius 1 is 1.22 bits per heavy atom. The number of rotatable bonds is 3. The number of ether oxygens (including phenoxy) is 1. The lowest BCUT2D eigenvalue weighted by atomic mass is 10.1.